The largest absolute Gasteiger partial charge is 0.369 e. The van der Waals surface area contributed by atoms with Crippen LogP contribution >= 0.6 is 0 Å². The fourth-order valence-corrected chi connectivity index (χ4v) is 2.43. The van der Waals surface area contributed by atoms with E-state index in [4.69, 9.17) is 5.26 Å². The van der Waals surface area contributed by atoms with Crippen LogP contribution in [0.3, 0.4) is 0 Å². The van der Waals surface area contributed by atoms with Gasteiger partial charge in [-0.2, -0.15) is 5.26 Å². The maximum absolute atomic E-state index is 14.1. The van der Waals surface area contributed by atoms with E-state index in [2.05, 4.69) is 10.2 Å². The van der Waals surface area contributed by atoms with Gasteiger partial charge in [0.25, 0.3) is 0 Å². The minimum absolute atomic E-state index is 0.227. The lowest BCUT2D eigenvalue weighted by Crippen LogP contribution is -2.25. The molecule has 1 N–H and O–H groups in total. The number of nitrogens with zero attached hydrogens (tertiary/aromatic N) is 2. The first-order chi connectivity index (χ1) is 9.70. The van der Waals surface area contributed by atoms with Gasteiger partial charge in [-0.25, -0.2) is 4.39 Å². The molecule has 1 aromatic carbocycles. The van der Waals surface area contributed by atoms with Crippen molar-refractivity contribution in [2.45, 2.75) is 32.1 Å². The Hall–Kier alpha value is -2.09. The number of benzene rings is 1. The first-order valence-electron chi connectivity index (χ1n) is 6.92. The van der Waals surface area contributed by atoms with Gasteiger partial charge in [-0.1, -0.05) is 12.8 Å². The maximum atomic E-state index is 14.1. The van der Waals surface area contributed by atoms with Crippen LogP contribution in [0, 0.1) is 17.1 Å². The molecule has 20 heavy (non-hydrogen) atoms. The minimum atomic E-state index is -0.422. The molecule has 0 bridgehead atoms. The molecule has 0 atom stereocenters. The highest BCUT2D eigenvalue weighted by Gasteiger charge is 2.14. The number of hydrogen-bond acceptors (Lipinski definition) is 3. The summed E-state index contributed by atoms with van der Waals surface area (Å²) in [4.78, 5) is 13.3. The summed E-state index contributed by atoms with van der Waals surface area (Å²) in [5.41, 5.74) is 0.978. The Labute approximate surface area is 118 Å². The molecule has 1 heterocycles. The van der Waals surface area contributed by atoms with Crippen LogP contribution < -0.4 is 10.2 Å². The fourth-order valence-electron chi connectivity index (χ4n) is 2.43. The zero-order chi connectivity index (χ0) is 14.4. The Bertz CT molecular complexity index is 516. The van der Waals surface area contributed by atoms with E-state index in [1.54, 1.807) is 18.2 Å². The molecule has 0 unspecified atom stereocenters. The molecule has 4 nitrogen and oxygen atoms in total. The van der Waals surface area contributed by atoms with E-state index in [1.807, 2.05) is 0 Å². The highest BCUT2D eigenvalue weighted by Crippen LogP contribution is 2.25. The van der Waals surface area contributed by atoms with Crippen molar-refractivity contribution in [3.63, 3.8) is 0 Å². The quantitative estimate of drug-likeness (QED) is 0.922. The summed E-state index contributed by atoms with van der Waals surface area (Å²) in [7, 11) is 0. The summed E-state index contributed by atoms with van der Waals surface area (Å²) in [6, 6.07) is 6.45. The Morgan fingerprint density at radius 3 is 2.60 bits per heavy atom. The van der Waals surface area contributed by atoms with E-state index in [9.17, 15) is 9.18 Å². The first kappa shape index (κ1) is 14.3. The number of rotatable bonds is 3. The van der Waals surface area contributed by atoms with Crippen molar-refractivity contribution < 1.29 is 9.18 Å². The van der Waals surface area contributed by atoms with Gasteiger partial charge in [-0.05, 0) is 31.0 Å². The summed E-state index contributed by atoms with van der Waals surface area (Å²) in [5, 5.41) is 10.9. The average molecular weight is 275 g/mol. The van der Waals surface area contributed by atoms with Gasteiger partial charge in [0.05, 0.1) is 11.8 Å². The van der Waals surface area contributed by atoms with Gasteiger partial charge in [0.2, 0.25) is 5.91 Å². The molecular formula is C15H18FN3O. The van der Waals surface area contributed by atoms with Gasteiger partial charge in [0.15, 0.2) is 0 Å². The summed E-state index contributed by atoms with van der Waals surface area (Å²) in [5.74, 6) is -0.754. The molecule has 1 aromatic rings. The van der Waals surface area contributed by atoms with Gasteiger partial charge in [-0.3, -0.25) is 4.79 Å². The van der Waals surface area contributed by atoms with Gasteiger partial charge in [0, 0.05) is 18.8 Å². The molecule has 0 aromatic heterocycles. The number of nitrogens with one attached hydrogen (secondary N) is 1. The van der Waals surface area contributed by atoms with Crippen LogP contribution in [0.1, 0.15) is 32.1 Å². The lowest BCUT2D eigenvalue weighted by molar-refractivity contribution is -0.115. The van der Waals surface area contributed by atoms with Gasteiger partial charge >= 0.3 is 0 Å². The summed E-state index contributed by atoms with van der Waals surface area (Å²) in [6.07, 6.45) is 4.33. The Morgan fingerprint density at radius 2 is 2.00 bits per heavy atom. The third kappa shape index (κ3) is 3.70. The van der Waals surface area contributed by atoms with Crippen molar-refractivity contribution in [3.05, 3.63) is 24.0 Å². The van der Waals surface area contributed by atoms with Gasteiger partial charge in [0.1, 0.15) is 12.2 Å². The second-order valence-electron chi connectivity index (χ2n) is 4.95. The topological polar surface area (TPSA) is 56.1 Å². The number of anilines is 2. The normalized spacial score (nSPS) is 15.3. The number of hydrogen-bond donors (Lipinski definition) is 1. The monoisotopic (exact) mass is 275 g/mol. The van der Waals surface area contributed by atoms with Crippen LogP contribution in [0.5, 0.6) is 0 Å². The van der Waals surface area contributed by atoms with Crippen molar-refractivity contribution in [2.75, 3.05) is 23.3 Å². The fraction of sp³-hybridized carbons (Fsp3) is 0.467. The SMILES string of the molecule is N#CCC(=O)Nc1ccc(N2CCCCCC2)c(F)c1. The Kier molecular flexibility index (Phi) is 4.94. The van der Waals surface area contributed by atoms with Crippen LogP contribution in [-0.2, 0) is 4.79 Å². The van der Waals surface area contributed by atoms with Gasteiger partial charge in [-0.15, -0.1) is 0 Å². The molecule has 0 aliphatic carbocycles. The number of carbonyl (C=O) groups is 1. The van der Waals surface area contributed by atoms with E-state index < -0.39 is 5.91 Å². The molecule has 0 radical (unpaired) electrons. The van der Waals surface area contributed by atoms with Crippen LogP contribution in [0.4, 0.5) is 15.8 Å². The molecule has 1 amide bonds. The third-order valence-corrected chi connectivity index (χ3v) is 3.42. The molecule has 5 heteroatoms. The summed E-state index contributed by atoms with van der Waals surface area (Å²) in [6.45, 7) is 1.74. The van der Waals surface area contributed by atoms with Crippen LogP contribution in [0.2, 0.25) is 0 Å². The second-order valence-corrected chi connectivity index (χ2v) is 4.95. The van der Waals surface area contributed by atoms with E-state index in [0.29, 0.717) is 11.4 Å². The summed E-state index contributed by atoms with van der Waals surface area (Å²) >= 11 is 0. The van der Waals surface area contributed by atoms with Crippen LogP contribution in [0.15, 0.2) is 18.2 Å². The van der Waals surface area contributed by atoms with Crippen LogP contribution in [0.25, 0.3) is 0 Å². The van der Waals surface area contributed by atoms with E-state index in [-0.39, 0.29) is 12.2 Å². The highest BCUT2D eigenvalue weighted by molar-refractivity contribution is 5.92. The van der Waals surface area contributed by atoms with Crippen molar-refractivity contribution in [1.29, 1.82) is 5.26 Å². The zero-order valence-electron chi connectivity index (χ0n) is 11.4. The predicted octanol–water partition coefficient (Wildman–Crippen LogP) is 3.06. The van der Waals surface area contributed by atoms with E-state index in [1.165, 1.54) is 18.9 Å². The zero-order valence-corrected chi connectivity index (χ0v) is 11.4. The minimum Gasteiger partial charge on any atom is -0.369 e. The smallest absolute Gasteiger partial charge is 0.238 e. The highest BCUT2D eigenvalue weighted by atomic mass is 19.1. The van der Waals surface area contributed by atoms with Crippen molar-refractivity contribution in [3.8, 4) is 6.07 Å². The van der Waals surface area contributed by atoms with Crippen LogP contribution in [-0.4, -0.2) is 19.0 Å². The lowest BCUT2D eigenvalue weighted by Gasteiger charge is -2.23. The molecular weight excluding hydrogens is 257 g/mol. The van der Waals surface area contributed by atoms with E-state index in [0.717, 1.165) is 25.9 Å². The predicted molar refractivity (Wildman–Crippen MR) is 75.9 cm³/mol. The molecule has 0 spiro atoms. The van der Waals surface area contributed by atoms with Crippen molar-refractivity contribution >= 4 is 17.3 Å². The third-order valence-electron chi connectivity index (χ3n) is 3.42. The molecule has 106 valence electrons. The molecule has 0 saturated carbocycles. The average Bonchev–Trinajstić information content (AvgIpc) is 2.68. The standard InChI is InChI=1S/C15H18FN3O/c16-13-11-12(18-15(20)7-8-17)5-6-14(13)19-9-3-1-2-4-10-19/h5-6,11H,1-4,7,9-10H2,(H,18,20). The lowest BCUT2D eigenvalue weighted by atomic mass is 10.2. The number of halogens is 1. The number of nitriles is 1. The van der Waals surface area contributed by atoms with Crippen molar-refractivity contribution in [1.82, 2.24) is 0 Å². The van der Waals surface area contributed by atoms with Gasteiger partial charge < -0.3 is 10.2 Å². The molecule has 1 aliphatic rings. The Morgan fingerprint density at radius 1 is 1.30 bits per heavy atom. The maximum Gasteiger partial charge on any atom is 0.238 e. The second kappa shape index (κ2) is 6.90. The van der Waals surface area contributed by atoms with Crippen molar-refractivity contribution in [2.24, 2.45) is 0 Å². The molecule has 1 fully saturated rings. The molecule has 2 rings (SSSR count). The van der Waals surface area contributed by atoms with E-state index >= 15 is 0 Å². The number of carbonyl (C=O) groups excluding carboxylic acids is 1. The molecule has 1 saturated heterocycles. The Balaban J connectivity index is 2.09. The first-order valence-corrected chi connectivity index (χ1v) is 6.92. The molecule has 1 aliphatic heterocycles. The summed E-state index contributed by atoms with van der Waals surface area (Å²) < 4.78 is 14.1. The number of amides is 1.